The van der Waals surface area contributed by atoms with E-state index in [-0.39, 0.29) is 23.8 Å². The van der Waals surface area contributed by atoms with Crippen LogP contribution in [0, 0.1) is 5.92 Å². The van der Waals surface area contributed by atoms with Crippen LogP contribution in [0.25, 0.3) is 0 Å². The predicted molar refractivity (Wildman–Crippen MR) is 138 cm³/mol. The molecule has 2 amide bonds. The van der Waals surface area contributed by atoms with Crippen LogP contribution in [0.2, 0.25) is 0 Å². The summed E-state index contributed by atoms with van der Waals surface area (Å²) in [4.78, 5) is 36.1. The summed E-state index contributed by atoms with van der Waals surface area (Å²) in [6.07, 6.45) is 0.671. The third kappa shape index (κ3) is 9.66. The molecule has 2 aromatic rings. The molecule has 1 aliphatic heterocycles. The number of nitrogens with zero attached hydrogens (tertiary/aromatic N) is 1. The van der Waals surface area contributed by atoms with Gasteiger partial charge in [-0.15, -0.1) is 0 Å². The van der Waals surface area contributed by atoms with Crippen LogP contribution in [0.15, 0.2) is 66.7 Å². The van der Waals surface area contributed by atoms with Crippen molar-refractivity contribution in [2.45, 2.75) is 64.5 Å². The Morgan fingerprint density at radius 1 is 1.05 bits per heavy atom. The van der Waals surface area contributed by atoms with Gasteiger partial charge in [0.1, 0.15) is 0 Å². The number of hydrogen-bond acceptors (Lipinski definition) is 4. The summed E-state index contributed by atoms with van der Waals surface area (Å²) in [5.74, 6) is -2.87. The average Bonchev–Trinajstić information content (AvgIpc) is 3.34. The second kappa shape index (κ2) is 14.3. The Bertz CT molecular complexity index is 1080. The zero-order chi connectivity index (χ0) is 28.3. The molecule has 0 spiro atoms. The van der Waals surface area contributed by atoms with E-state index in [9.17, 15) is 22.8 Å². The number of carboxylic acids is 1. The molecule has 2 aromatic carbocycles. The van der Waals surface area contributed by atoms with Gasteiger partial charge in [-0.1, -0.05) is 80.9 Å². The Hall–Kier alpha value is -3.66. The fraction of sp³-hybridized carbons (Fsp3) is 0.393. The molecule has 10 heteroatoms. The van der Waals surface area contributed by atoms with E-state index in [2.05, 4.69) is 29.6 Å². The van der Waals surface area contributed by atoms with E-state index < -0.39 is 18.2 Å². The lowest BCUT2D eigenvalue weighted by Crippen LogP contribution is -2.48. The third-order valence-corrected chi connectivity index (χ3v) is 6.34. The zero-order valence-corrected chi connectivity index (χ0v) is 21.4. The molecule has 0 aliphatic carbocycles. The molecule has 7 nitrogen and oxygen atoms in total. The number of carboxylic acid groups (broad SMARTS) is 1. The van der Waals surface area contributed by atoms with Gasteiger partial charge >= 0.3 is 12.1 Å². The first-order valence-electron chi connectivity index (χ1n) is 12.4. The number of aryl methyl sites for hydroxylation is 1. The van der Waals surface area contributed by atoms with Gasteiger partial charge in [0.2, 0.25) is 11.8 Å². The van der Waals surface area contributed by atoms with Crippen molar-refractivity contribution in [3.63, 3.8) is 0 Å². The van der Waals surface area contributed by atoms with Crippen molar-refractivity contribution in [1.82, 2.24) is 10.2 Å². The number of nitrogens with two attached hydrogens (primary N) is 1. The molecule has 0 aromatic heterocycles. The lowest BCUT2D eigenvalue weighted by Gasteiger charge is -2.22. The maximum Gasteiger partial charge on any atom is 0.490 e. The molecule has 0 radical (unpaired) electrons. The first-order chi connectivity index (χ1) is 17.9. The minimum atomic E-state index is -5.08. The SMILES string of the molecule is CC[C@@H](C)[C@H](N)C(=O)N[C@H](/C=C/C(=O)N1Cc2ccccc2C1)CCc1ccccc1.O=C(O)C(F)(F)F. The van der Waals surface area contributed by atoms with Crippen molar-refractivity contribution in [1.29, 1.82) is 0 Å². The number of rotatable bonds is 9. The lowest BCUT2D eigenvalue weighted by molar-refractivity contribution is -0.192. The fourth-order valence-electron chi connectivity index (χ4n) is 3.77. The van der Waals surface area contributed by atoms with Crippen molar-refractivity contribution < 1.29 is 32.7 Å². The Morgan fingerprint density at radius 2 is 1.58 bits per heavy atom. The first-order valence-corrected chi connectivity index (χ1v) is 12.4. The smallest absolute Gasteiger partial charge is 0.475 e. The summed E-state index contributed by atoms with van der Waals surface area (Å²) in [5.41, 5.74) is 9.70. The van der Waals surface area contributed by atoms with Crippen LogP contribution in [-0.2, 0) is 33.9 Å². The van der Waals surface area contributed by atoms with Crippen molar-refractivity contribution in [3.05, 3.63) is 83.4 Å². The van der Waals surface area contributed by atoms with Gasteiger partial charge in [-0.3, -0.25) is 9.59 Å². The topological polar surface area (TPSA) is 113 Å². The van der Waals surface area contributed by atoms with Gasteiger partial charge in [-0.25, -0.2) is 4.79 Å². The van der Waals surface area contributed by atoms with E-state index >= 15 is 0 Å². The number of alkyl halides is 3. The van der Waals surface area contributed by atoms with Crippen molar-refractivity contribution in [2.75, 3.05) is 0 Å². The molecule has 0 saturated heterocycles. The number of halogens is 3. The highest BCUT2D eigenvalue weighted by Gasteiger charge is 2.38. The normalized spacial score (nSPS) is 15.2. The summed E-state index contributed by atoms with van der Waals surface area (Å²) in [6.45, 7) is 5.25. The van der Waals surface area contributed by atoms with Gasteiger partial charge in [-0.05, 0) is 35.4 Å². The summed E-state index contributed by atoms with van der Waals surface area (Å²) in [7, 11) is 0. The molecule has 206 valence electrons. The Labute approximate surface area is 220 Å². The third-order valence-electron chi connectivity index (χ3n) is 6.34. The summed E-state index contributed by atoms with van der Waals surface area (Å²) >= 11 is 0. The van der Waals surface area contributed by atoms with E-state index in [1.165, 1.54) is 16.7 Å². The van der Waals surface area contributed by atoms with E-state index in [1.54, 1.807) is 6.08 Å². The molecule has 1 aliphatic rings. The van der Waals surface area contributed by atoms with Crippen molar-refractivity contribution in [2.24, 2.45) is 11.7 Å². The second-order valence-corrected chi connectivity index (χ2v) is 9.18. The molecule has 4 N–H and O–H groups in total. The van der Waals surface area contributed by atoms with Gasteiger partial charge in [0.25, 0.3) is 0 Å². The van der Waals surface area contributed by atoms with Gasteiger partial charge in [0, 0.05) is 25.2 Å². The molecule has 3 rings (SSSR count). The summed E-state index contributed by atoms with van der Waals surface area (Å²) < 4.78 is 31.7. The molecule has 0 saturated carbocycles. The van der Waals surface area contributed by atoms with Crippen LogP contribution in [0.3, 0.4) is 0 Å². The maximum absolute atomic E-state index is 12.8. The van der Waals surface area contributed by atoms with E-state index in [0.717, 1.165) is 12.8 Å². The van der Waals surface area contributed by atoms with Crippen LogP contribution >= 0.6 is 0 Å². The molecule has 0 bridgehead atoms. The number of hydrogen-bond donors (Lipinski definition) is 3. The van der Waals surface area contributed by atoms with E-state index in [4.69, 9.17) is 15.6 Å². The largest absolute Gasteiger partial charge is 0.490 e. The monoisotopic (exact) mass is 533 g/mol. The van der Waals surface area contributed by atoms with Crippen LogP contribution in [-0.4, -0.2) is 46.1 Å². The van der Waals surface area contributed by atoms with Crippen LogP contribution in [0.4, 0.5) is 13.2 Å². The number of amides is 2. The van der Waals surface area contributed by atoms with Crippen LogP contribution < -0.4 is 11.1 Å². The molecular weight excluding hydrogens is 499 g/mol. The van der Waals surface area contributed by atoms with Gasteiger partial charge in [0.15, 0.2) is 0 Å². The summed E-state index contributed by atoms with van der Waals surface area (Å²) in [6, 6.07) is 17.4. The number of benzene rings is 2. The predicted octanol–water partition coefficient (Wildman–Crippen LogP) is 4.21. The number of carbonyl (C=O) groups excluding carboxylic acids is 2. The first kappa shape index (κ1) is 30.6. The minimum absolute atomic E-state index is 0.0404. The van der Waals surface area contributed by atoms with Crippen LogP contribution in [0.5, 0.6) is 0 Å². The lowest BCUT2D eigenvalue weighted by atomic mass is 9.98. The number of aliphatic carboxylic acids is 1. The van der Waals surface area contributed by atoms with Gasteiger partial charge in [-0.2, -0.15) is 13.2 Å². The van der Waals surface area contributed by atoms with Crippen LogP contribution in [0.1, 0.15) is 43.4 Å². The molecule has 1 heterocycles. The van der Waals surface area contributed by atoms with E-state index in [1.807, 2.05) is 55.2 Å². The number of carbonyl (C=O) groups is 3. The average molecular weight is 534 g/mol. The van der Waals surface area contributed by atoms with Crippen molar-refractivity contribution >= 4 is 17.8 Å². The quantitative estimate of drug-likeness (QED) is 0.418. The Balaban J connectivity index is 0.000000638. The standard InChI is InChI=1S/C26H33N3O2.C2HF3O2/c1-3-19(2)25(27)26(31)28-23(14-13-20-9-5-4-6-10-20)15-16-24(30)29-17-21-11-7-8-12-22(21)18-29;3-2(4,5)1(6)7/h4-12,15-16,19,23,25H,3,13-14,17-18,27H2,1-2H3,(H,28,31);(H,6,7)/b16-15+;/t19-,23+,25+;/m1./s1. The second-order valence-electron chi connectivity index (χ2n) is 9.18. The van der Waals surface area contributed by atoms with Gasteiger partial charge < -0.3 is 21.1 Å². The fourth-order valence-corrected chi connectivity index (χ4v) is 3.77. The Morgan fingerprint density at radius 3 is 2.08 bits per heavy atom. The Kier molecular flexibility index (Phi) is 11.5. The number of fused-ring (bicyclic) bond motifs is 1. The highest BCUT2D eigenvalue weighted by atomic mass is 19.4. The highest BCUT2D eigenvalue weighted by Crippen LogP contribution is 2.22. The summed E-state index contributed by atoms with van der Waals surface area (Å²) in [5, 5.41) is 10.2. The van der Waals surface area contributed by atoms with Crippen molar-refractivity contribution in [3.8, 4) is 0 Å². The molecule has 3 atom stereocenters. The molecule has 0 unspecified atom stereocenters. The van der Waals surface area contributed by atoms with E-state index in [0.29, 0.717) is 19.5 Å². The minimum Gasteiger partial charge on any atom is -0.475 e. The highest BCUT2D eigenvalue weighted by molar-refractivity contribution is 5.88. The maximum atomic E-state index is 12.8. The molecule has 0 fully saturated rings. The van der Waals surface area contributed by atoms with Gasteiger partial charge in [0.05, 0.1) is 6.04 Å². The molecular formula is C28H34F3N3O4. The zero-order valence-electron chi connectivity index (χ0n) is 21.4. The molecule has 38 heavy (non-hydrogen) atoms. The number of nitrogens with one attached hydrogen (secondary N) is 1.